The van der Waals surface area contributed by atoms with Gasteiger partial charge in [-0.3, -0.25) is 0 Å². The van der Waals surface area contributed by atoms with Gasteiger partial charge in [-0.05, 0) is 48.6 Å². The van der Waals surface area contributed by atoms with E-state index in [1.54, 1.807) is 14.2 Å². The van der Waals surface area contributed by atoms with Crippen molar-refractivity contribution in [3.63, 3.8) is 0 Å². The third-order valence-electron chi connectivity index (χ3n) is 5.46. The van der Waals surface area contributed by atoms with Gasteiger partial charge >= 0.3 is 9.28 Å². The average molecular weight is 369 g/mol. The van der Waals surface area contributed by atoms with Gasteiger partial charge in [0.1, 0.15) is 0 Å². The summed E-state index contributed by atoms with van der Waals surface area (Å²) in [6.07, 6.45) is 0. The Morgan fingerprint density at radius 1 is 0.556 bits per heavy atom. The highest BCUT2D eigenvalue weighted by Gasteiger charge is 2.20. The van der Waals surface area contributed by atoms with Crippen molar-refractivity contribution >= 4 is 46.8 Å². The summed E-state index contributed by atoms with van der Waals surface area (Å²) < 4.78 is 11.4. The largest absolute Gasteiger partial charge is 0.397 e. The van der Waals surface area contributed by atoms with E-state index in [-0.39, 0.29) is 0 Å². The van der Waals surface area contributed by atoms with Gasteiger partial charge in [0.2, 0.25) is 0 Å². The maximum atomic E-state index is 5.69. The molecule has 3 heteroatoms. The molecule has 0 unspecified atom stereocenters. The fourth-order valence-electron chi connectivity index (χ4n) is 4.27. The lowest BCUT2D eigenvalue weighted by molar-refractivity contribution is 0.292. The number of rotatable bonds is 4. The Morgan fingerprint density at radius 3 is 1.93 bits per heavy atom. The molecule has 27 heavy (non-hydrogen) atoms. The van der Waals surface area contributed by atoms with Crippen LogP contribution in [0.4, 0.5) is 0 Å². The summed E-state index contributed by atoms with van der Waals surface area (Å²) in [4.78, 5) is 0. The van der Waals surface area contributed by atoms with Crippen molar-refractivity contribution < 1.29 is 8.85 Å². The zero-order valence-electron chi connectivity index (χ0n) is 15.4. The Balaban J connectivity index is 1.88. The summed E-state index contributed by atoms with van der Waals surface area (Å²) in [5, 5.41) is 9.00. The third kappa shape index (κ3) is 2.47. The first kappa shape index (κ1) is 16.5. The summed E-state index contributed by atoms with van der Waals surface area (Å²) >= 11 is 0. The maximum Gasteiger partial charge on any atom is 0.355 e. The number of benzene rings is 5. The molecule has 132 valence electrons. The molecule has 0 N–H and O–H groups in total. The molecule has 0 heterocycles. The molecule has 5 aromatic rings. The van der Waals surface area contributed by atoms with Crippen molar-refractivity contribution in [1.82, 2.24) is 0 Å². The first-order valence-electron chi connectivity index (χ1n) is 9.13. The second-order valence-electron chi connectivity index (χ2n) is 6.86. The maximum absolute atomic E-state index is 5.69. The van der Waals surface area contributed by atoms with Crippen molar-refractivity contribution in [3.05, 3.63) is 78.9 Å². The van der Waals surface area contributed by atoms with Crippen LogP contribution in [0.2, 0.25) is 0 Å². The van der Waals surface area contributed by atoms with E-state index in [2.05, 4.69) is 78.9 Å². The van der Waals surface area contributed by atoms with Gasteiger partial charge in [0.25, 0.3) is 0 Å². The minimum Gasteiger partial charge on any atom is -0.397 e. The number of hydrogen-bond acceptors (Lipinski definition) is 2. The topological polar surface area (TPSA) is 18.5 Å². The summed E-state index contributed by atoms with van der Waals surface area (Å²) in [6.45, 7) is 0. The fraction of sp³-hybridized carbons (Fsp3) is 0.0833. The standard InChI is InChI=1S/C24H20O2Si/c1-25-27(26-2)22-9-4-3-8-20(22)19-14-12-18-11-10-16-6-5-7-17-13-15-21(19)24(18)23(16)17/h3-15,27H,1-2H3. The highest BCUT2D eigenvalue weighted by molar-refractivity contribution is 6.63. The summed E-state index contributed by atoms with van der Waals surface area (Å²) in [7, 11) is 1.56. The molecule has 0 saturated carbocycles. The normalized spacial score (nSPS) is 12.0. The minimum absolute atomic E-state index is 1.18. The molecule has 2 nitrogen and oxygen atoms in total. The van der Waals surface area contributed by atoms with Crippen LogP contribution >= 0.6 is 0 Å². The highest BCUT2D eigenvalue weighted by Crippen LogP contribution is 2.38. The van der Waals surface area contributed by atoms with Gasteiger partial charge in [-0.1, -0.05) is 78.9 Å². The lowest BCUT2D eigenvalue weighted by Gasteiger charge is -2.18. The Bertz CT molecular complexity index is 1240. The van der Waals surface area contributed by atoms with Crippen LogP contribution in [0, 0.1) is 0 Å². The summed E-state index contributed by atoms with van der Waals surface area (Å²) in [5.41, 5.74) is 2.44. The lowest BCUT2D eigenvalue weighted by atomic mass is 9.90. The zero-order valence-corrected chi connectivity index (χ0v) is 16.6. The molecule has 5 aromatic carbocycles. The second-order valence-corrected chi connectivity index (χ2v) is 9.09. The van der Waals surface area contributed by atoms with Gasteiger partial charge in [-0.15, -0.1) is 0 Å². The quantitative estimate of drug-likeness (QED) is 0.329. The Kier molecular flexibility index (Phi) is 3.94. The molecule has 0 aliphatic carbocycles. The van der Waals surface area contributed by atoms with E-state index in [0.717, 1.165) is 0 Å². The molecule has 0 amide bonds. The fourth-order valence-corrected chi connectivity index (χ4v) is 5.74. The van der Waals surface area contributed by atoms with E-state index in [1.807, 2.05) is 0 Å². The van der Waals surface area contributed by atoms with Gasteiger partial charge in [-0.25, -0.2) is 0 Å². The highest BCUT2D eigenvalue weighted by atomic mass is 28.3. The van der Waals surface area contributed by atoms with Crippen molar-refractivity contribution in [2.24, 2.45) is 0 Å². The molecule has 0 spiro atoms. The first-order valence-corrected chi connectivity index (χ1v) is 10.7. The van der Waals surface area contributed by atoms with Gasteiger partial charge in [-0.2, -0.15) is 0 Å². The molecular formula is C24H20O2Si. The van der Waals surface area contributed by atoms with Gasteiger partial charge in [0.05, 0.1) is 0 Å². The van der Waals surface area contributed by atoms with Crippen molar-refractivity contribution in [2.75, 3.05) is 14.2 Å². The Morgan fingerprint density at radius 2 is 1.19 bits per heavy atom. The molecule has 0 atom stereocenters. The SMILES string of the molecule is CO[SiH](OC)c1ccccc1-c1ccc2ccc3cccc4ccc1c2c34. The third-order valence-corrected chi connectivity index (χ3v) is 7.33. The van der Waals surface area contributed by atoms with E-state index >= 15 is 0 Å². The molecular weight excluding hydrogens is 348 g/mol. The van der Waals surface area contributed by atoms with Crippen LogP contribution in [0.15, 0.2) is 78.9 Å². The molecule has 0 aromatic heterocycles. The molecule has 0 saturated heterocycles. The van der Waals surface area contributed by atoms with Gasteiger partial charge < -0.3 is 8.85 Å². The molecule has 0 aliphatic heterocycles. The van der Waals surface area contributed by atoms with Gasteiger partial charge in [0.15, 0.2) is 0 Å². The van der Waals surface area contributed by atoms with E-state index in [1.165, 1.54) is 48.6 Å². The second kappa shape index (κ2) is 6.46. The van der Waals surface area contributed by atoms with Crippen LogP contribution in [0.25, 0.3) is 43.4 Å². The molecule has 0 bridgehead atoms. The van der Waals surface area contributed by atoms with Crippen molar-refractivity contribution in [2.45, 2.75) is 0 Å². The van der Waals surface area contributed by atoms with Crippen molar-refractivity contribution in [1.29, 1.82) is 0 Å². The summed E-state index contributed by atoms with van der Waals surface area (Å²) in [5.74, 6) is 0. The molecule has 0 radical (unpaired) electrons. The number of hydrogen-bond donors (Lipinski definition) is 0. The predicted octanol–water partition coefficient (Wildman–Crippen LogP) is 4.97. The molecule has 5 rings (SSSR count). The van der Waals surface area contributed by atoms with Crippen LogP contribution in [0.1, 0.15) is 0 Å². The zero-order chi connectivity index (χ0) is 18.4. The monoisotopic (exact) mass is 368 g/mol. The van der Waals surface area contributed by atoms with Crippen LogP contribution < -0.4 is 5.19 Å². The Labute approximate surface area is 160 Å². The lowest BCUT2D eigenvalue weighted by Crippen LogP contribution is -2.36. The van der Waals surface area contributed by atoms with E-state index in [0.29, 0.717) is 0 Å². The molecule has 0 fully saturated rings. The van der Waals surface area contributed by atoms with Crippen LogP contribution in [0.5, 0.6) is 0 Å². The average Bonchev–Trinajstić information content (AvgIpc) is 2.73. The Hall–Kier alpha value is -2.72. The van der Waals surface area contributed by atoms with Crippen LogP contribution in [-0.2, 0) is 8.85 Å². The van der Waals surface area contributed by atoms with E-state index in [4.69, 9.17) is 8.85 Å². The van der Waals surface area contributed by atoms with Crippen molar-refractivity contribution in [3.8, 4) is 11.1 Å². The minimum atomic E-state index is -1.91. The van der Waals surface area contributed by atoms with E-state index in [9.17, 15) is 0 Å². The van der Waals surface area contributed by atoms with E-state index < -0.39 is 9.28 Å². The van der Waals surface area contributed by atoms with Crippen LogP contribution in [0.3, 0.4) is 0 Å². The van der Waals surface area contributed by atoms with Crippen LogP contribution in [-0.4, -0.2) is 23.5 Å². The smallest absolute Gasteiger partial charge is 0.355 e. The summed E-state index contributed by atoms with van der Waals surface area (Å²) in [6, 6.07) is 28.4. The molecule has 0 aliphatic rings. The predicted molar refractivity (Wildman–Crippen MR) is 116 cm³/mol. The first-order chi connectivity index (χ1) is 13.3. The van der Waals surface area contributed by atoms with Gasteiger partial charge in [0, 0.05) is 14.2 Å².